The summed E-state index contributed by atoms with van der Waals surface area (Å²) in [7, 11) is -3.38. The molecule has 1 aromatic heterocycles. The number of unbranched alkanes of at least 4 members (excludes halogenated alkanes) is 2. The lowest BCUT2D eigenvalue weighted by molar-refractivity contribution is 0.395. The highest BCUT2D eigenvalue weighted by Crippen LogP contribution is 2.29. The number of alkyl halides is 1. The summed E-state index contributed by atoms with van der Waals surface area (Å²) in [5.41, 5.74) is 0. The third kappa shape index (κ3) is 4.45. The molecule has 6 heteroatoms. The first kappa shape index (κ1) is 18.0. The average molecular weight is 338 g/mol. The normalized spacial score (nSPS) is 12.2. The van der Waals surface area contributed by atoms with Gasteiger partial charge in [-0.15, -0.1) is 22.9 Å². The van der Waals surface area contributed by atoms with E-state index >= 15 is 0 Å². The number of aryl methyl sites for hydroxylation is 1. The number of sulfonamides is 1. The van der Waals surface area contributed by atoms with Gasteiger partial charge in [-0.2, -0.15) is 4.31 Å². The zero-order chi connectivity index (χ0) is 15.2. The van der Waals surface area contributed by atoms with Crippen molar-refractivity contribution in [2.45, 2.75) is 57.2 Å². The lowest BCUT2D eigenvalue weighted by Crippen LogP contribution is -2.33. The van der Waals surface area contributed by atoms with Crippen LogP contribution in [0.3, 0.4) is 0 Å². The Morgan fingerprint density at radius 2 is 1.75 bits per heavy atom. The lowest BCUT2D eigenvalue weighted by Gasteiger charge is -2.21. The molecule has 0 aliphatic carbocycles. The molecule has 0 saturated carbocycles. The fraction of sp³-hybridized carbons (Fsp3) is 0.714. The first-order valence-corrected chi connectivity index (χ1v) is 9.91. The molecule has 1 rings (SSSR count). The van der Waals surface area contributed by atoms with Crippen LogP contribution in [-0.4, -0.2) is 25.8 Å². The number of halogens is 1. The van der Waals surface area contributed by atoms with Gasteiger partial charge >= 0.3 is 0 Å². The number of thiophene rings is 1. The second kappa shape index (κ2) is 8.37. The summed E-state index contributed by atoms with van der Waals surface area (Å²) in [6.45, 7) is 7.21. The van der Waals surface area contributed by atoms with Gasteiger partial charge in [-0.25, -0.2) is 8.42 Å². The van der Waals surface area contributed by atoms with Crippen LogP contribution in [0.15, 0.2) is 11.0 Å². The third-order valence-corrected chi connectivity index (χ3v) is 6.85. The smallest absolute Gasteiger partial charge is 0.207 e. The van der Waals surface area contributed by atoms with E-state index in [1.165, 1.54) is 11.3 Å². The van der Waals surface area contributed by atoms with Gasteiger partial charge in [-0.1, -0.05) is 26.7 Å². The van der Waals surface area contributed by atoms with Gasteiger partial charge in [0.2, 0.25) is 10.0 Å². The molecule has 0 aliphatic rings. The summed E-state index contributed by atoms with van der Waals surface area (Å²) in [4.78, 5) is 2.18. The Morgan fingerprint density at radius 1 is 1.20 bits per heavy atom. The molecular weight excluding hydrogens is 314 g/mol. The van der Waals surface area contributed by atoms with E-state index in [-0.39, 0.29) is 0 Å². The molecule has 116 valence electrons. The first-order valence-electron chi connectivity index (χ1n) is 7.12. The van der Waals surface area contributed by atoms with Crippen molar-refractivity contribution in [3.8, 4) is 0 Å². The molecule has 0 N–H and O–H groups in total. The van der Waals surface area contributed by atoms with Crippen LogP contribution in [0.2, 0.25) is 0 Å². The van der Waals surface area contributed by atoms with E-state index in [0.717, 1.165) is 35.4 Å². The van der Waals surface area contributed by atoms with E-state index < -0.39 is 10.0 Å². The first-order chi connectivity index (χ1) is 9.47. The van der Waals surface area contributed by atoms with Gasteiger partial charge in [0.25, 0.3) is 0 Å². The largest absolute Gasteiger partial charge is 0.244 e. The summed E-state index contributed by atoms with van der Waals surface area (Å²) in [6, 6.07) is 1.73. The van der Waals surface area contributed by atoms with E-state index in [1.54, 1.807) is 10.4 Å². The van der Waals surface area contributed by atoms with Gasteiger partial charge in [-0.3, -0.25) is 0 Å². The summed E-state index contributed by atoms with van der Waals surface area (Å²) in [6.07, 6.45) is 3.78. The van der Waals surface area contributed by atoms with Crippen molar-refractivity contribution in [3.63, 3.8) is 0 Å². The lowest BCUT2D eigenvalue weighted by atomic mass is 10.3. The molecule has 0 saturated heterocycles. The fourth-order valence-electron chi connectivity index (χ4n) is 2.01. The van der Waals surface area contributed by atoms with Gasteiger partial charge < -0.3 is 0 Å². The van der Waals surface area contributed by atoms with Crippen LogP contribution in [0.1, 0.15) is 49.3 Å². The SMILES string of the molecule is CCCCN(CCCC)S(=O)(=O)c1cc(CCl)sc1C. The number of nitrogens with zero attached hydrogens (tertiary/aromatic N) is 1. The Bertz CT molecular complexity index is 503. The maximum atomic E-state index is 12.8. The zero-order valence-electron chi connectivity index (χ0n) is 12.5. The molecule has 0 aliphatic heterocycles. The molecule has 0 spiro atoms. The molecule has 0 radical (unpaired) electrons. The van der Waals surface area contributed by atoms with Crippen molar-refractivity contribution >= 4 is 33.0 Å². The summed E-state index contributed by atoms with van der Waals surface area (Å²) in [5, 5.41) is 0. The van der Waals surface area contributed by atoms with Crippen LogP contribution >= 0.6 is 22.9 Å². The Hall–Kier alpha value is -0.100. The van der Waals surface area contributed by atoms with E-state index in [2.05, 4.69) is 13.8 Å². The molecule has 20 heavy (non-hydrogen) atoms. The Morgan fingerprint density at radius 3 is 2.15 bits per heavy atom. The van der Waals surface area contributed by atoms with Crippen LogP contribution in [0, 0.1) is 6.92 Å². The predicted octanol–water partition coefficient (Wildman–Crippen LogP) is 4.39. The van der Waals surface area contributed by atoms with E-state index in [4.69, 9.17) is 11.6 Å². The predicted molar refractivity (Wildman–Crippen MR) is 87.2 cm³/mol. The highest BCUT2D eigenvalue weighted by Gasteiger charge is 2.26. The molecular formula is C14H24ClNO2S2. The molecule has 0 atom stereocenters. The van der Waals surface area contributed by atoms with Crippen LogP contribution in [0.25, 0.3) is 0 Å². The second-order valence-electron chi connectivity index (χ2n) is 4.88. The molecule has 3 nitrogen and oxygen atoms in total. The van der Waals surface area contributed by atoms with Gasteiger partial charge in [0, 0.05) is 22.8 Å². The van der Waals surface area contributed by atoms with Crippen LogP contribution < -0.4 is 0 Å². The monoisotopic (exact) mass is 337 g/mol. The zero-order valence-corrected chi connectivity index (χ0v) is 14.9. The van der Waals surface area contributed by atoms with Crippen molar-refractivity contribution < 1.29 is 8.42 Å². The van der Waals surface area contributed by atoms with Crippen molar-refractivity contribution in [2.75, 3.05) is 13.1 Å². The van der Waals surface area contributed by atoms with Crippen molar-refractivity contribution in [1.29, 1.82) is 0 Å². The topological polar surface area (TPSA) is 37.4 Å². The Kier molecular flexibility index (Phi) is 7.51. The number of hydrogen-bond donors (Lipinski definition) is 0. The summed E-state index contributed by atoms with van der Waals surface area (Å²) in [5.74, 6) is 0.366. The highest BCUT2D eigenvalue weighted by atomic mass is 35.5. The Balaban J connectivity index is 3.03. The standard InChI is InChI=1S/C14H24ClNO2S2/c1-4-6-8-16(9-7-5-2)20(17,18)14-10-13(11-15)19-12(14)3/h10H,4-9,11H2,1-3H3. The minimum absolute atomic E-state index is 0.366. The summed E-state index contributed by atoms with van der Waals surface area (Å²) >= 11 is 7.28. The minimum Gasteiger partial charge on any atom is -0.207 e. The third-order valence-electron chi connectivity index (χ3n) is 3.19. The minimum atomic E-state index is -3.38. The maximum Gasteiger partial charge on any atom is 0.244 e. The van der Waals surface area contributed by atoms with Gasteiger partial charge in [0.15, 0.2) is 0 Å². The molecule has 0 fully saturated rings. The molecule has 0 bridgehead atoms. The van der Waals surface area contributed by atoms with Gasteiger partial charge in [-0.05, 0) is 25.8 Å². The number of hydrogen-bond acceptors (Lipinski definition) is 3. The van der Waals surface area contributed by atoms with Crippen molar-refractivity contribution in [3.05, 3.63) is 15.8 Å². The van der Waals surface area contributed by atoms with E-state index in [1.807, 2.05) is 6.92 Å². The molecule has 0 unspecified atom stereocenters. The van der Waals surface area contributed by atoms with Crippen LogP contribution in [-0.2, 0) is 15.9 Å². The van der Waals surface area contributed by atoms with E-state index in [0.29, 0.717) is 23.9 Å². The van der Waals surface area contributed by atoms with E-state index in [9.17, 15) is 8.42 Å². The molecule has 1 aromatic rings. The molecule has 0 aromatic carbocycles. The molecule has 1 heterocycles. The highest BCUT2D eigenvalue weighted by molar-refractivity contribution is 7.89. The van der Waals surface area contributed by atoms with Crippen LogP contribution in [0.4, 0.5) is 0 Å². The van der Waals surface area contributed by atoms with Crippen molar-refractivity contribution in [1.82, 2.24) is 4.31 Å². The molecule has 0 amide bonds. The Labute approximate surface area is 132 Å². The average Bonchev–Trinajstić information content (AvgIpc) is 2.80. The quantitative estimate of drug-likeness (QED) is 0.627. The second-order valence-corrected chi connectivity index (χ2v) is 8.39. The number of rotatable bonds is 9. The van der Waals surface area contributed by atoms with Gasteiger partial charge in [0.1, 0.15) is 0 Å². The van der Waals surface area contributed by atoms with Crippen LogP contribution in [0.5, 0.6) is 0 Å². The maximum absolute atomic E-state index is 12.8. The van der Waals surface area contributed by atoms with Crippen molar-refractivity contribution in [2.24, 2.45) is 0 Å². The summed E-state index contributed by atoms with van der Waals surface area (Å²) < 4.78 is 27.2. The van der Waals surface area contributed by atoms with Gasteiger partial charge in [0.05, 0.1) is 10.8 Å². The fourth-order valence-corrected chi connectivity index (χ4v) is 5.22.